The first-order chi connectivity index (χ1) is 13.0. The number of halogens is 2. The Kier molecular flexibility index (Phi) is 5.49. The van der Waals surface area contributed by atoms with Crippen molar-refractivity contribution in [1.29, 1.82) is 0 Å². The van der Waals surface area contributed by atoms with Crippen molar-refractivity contribution >= 4 is 38.9 Å². The summed E-state index contributed by atoms with van der Waals surface area (Å²) < 4.78 is 31.9. The number of nitrogens with one attached hydrogen (secondary N) is 1. The van der Waals surface area contributed by atoms with E-state index in [0.717, 1.165) is 5.56 Å². The highest BCUT2D eigenvalue weighted by Gasteiger charge is 2.26. The van der Waals surface area contributed by atoms with E-state index in [0.29, 0.717) is 45.1 Å². The fraction of sp³-hybridized carbons (Fsp3) is 0.333. The van der Waals surface area contributed by atoms with Crippen molar-refractivity contribution in [2.24, 2.45) is 7.05 Å². The van der Waals surface area contributed by atoms with Crippen LogP contribution in [0.5, 0.6) is 0 Å². The molecular weight excluding hydrogens is 421 g/mol. The monoisotopic (exact) mass is 441 g/mol. The predicted octanol–water partition coefficient (Wildman–Crippen LogP) is 4.01. The van der Waals surface area contributed by atoms with Gasteiger partial charge in [0, 0.05) is 22.7 Å². The SMILES string of the molecule is Cc1nn(Cc2c(Cl)cccc2Cl)c(C)c1NS(=O)(=O)c1c(C)nn(C)c1C. The lowest BCUT2D eigenvalue weighted by Gasteiger charge is -2.11. The maximum absolute atomic E-state index is 13.0. The van der Waals surface area contributed by atoms with Gasteiger partial charge >= 0.3 is 0 Å². The zero-order valence-electron chi connectivity index (χ0n) is 16.2. The van der Waals surface area contributed by atoms with Gasteiger partial charge in [0.25, 0.3) is 10.0 Å². The first-order valence-corrected chi connectivity index (χ1v) is 10.8. The van der Waals surface area contributed by atoms with Gasteiger partial charge in [0.05, 0.1) is 35.0 Å². The van der Waals surface area contributed by atoms with Crippen LogP contribution in [0.3, 0.4) is 0 Å². The molecule has 2 heterocycles. The highest BCUT2D eigenvalue weighted by atomic mass is 35.5. The van der Waals surface area contributed by atoms with Crippen molar-refractivity contribution in [2.75, 3.05) is 4.72 Å². The Morgan fingerprint density at radius 3 is 2.14 bits per heavy atom. The van der Waals surface area contributed by atoms with E-state index < -0.39 is 10.0 Å². The standard InChI is InChI=1S/C18H21Cl2N5O2S/c1-10-17(23-28(26,27)18-11(2)21-24(5)13(18)4)12(3)25(22-10)9-14-15(19)7-6-8-16(14)20/h6-8,23H,9H2,1-5H3. The molecular formula is C18H21Cl2N5O2S. The molecule has 0 aliphatic rings. The molecule has 0 fully saturated rings. The summed E-state index contributed by atoms with van der Waals surface area (Å²) in [5.41, 5.74) is 3.39. The number of aryl methyl sites for hydroxylation is 3. The molecule has 0 unspecified atom stereocenters. The van der Waals surface area contributed by atoms with Crippen LogP contribution in [0.4, 0.5) is 5.69 Å². The molecule has 150 valence electrons. The summed E-state index contributed by atoms with van der Waals surface area (Å²) in [5.74, 6) is 0. The summed E-state index contributed by atoms with van der Waals surface area (Å²) in [6.07, 6.45) is 0. The molecule has 0 saturated carbocycles. The summed E-state index contributed by atoms with van der Waals surface area (Å²) >= 11 is 12.5. The minimum absolute atomic E-state index is 0.177. The minimum Gasteiger partial charge on any atom is -0.276 e. The van der Waals surface area contributed by atoms with Gasteiger partial charge in [0.2, 0.25) is 0 Å². The van der Waals surface area contributed by atoms with E-state index in [2.05, 4.69) is 14.9 Å². The molecule has 0 aliphatic carbocycles. The average Bonchev–Trinajstić information content (AvgIpc) is 3.00. The second-order valence-electron chi connectivity index (χ2n) is 6.63. The Labute approximate surface area is 174 Å². The molecule has 3 aromatic rings. The molecule has 7 nitrogen and oxygen atoms in total. The zero-order valence-corrected chi connectivity index (χ0v) is 18.5. The Bertz CT molecular complexity index is 1150. The molecule has 0 saturated heterocycles. The molecule has 0 atom stereocenters. The highest BCUT2D eigenvalue weighted by molar-refractivity contribution is 7.92. The molecule has 0 amide bonds. The van der Waals surface area contributed by atoms with E-state index >= 15 is 0 Å². The first-order valence-electron chi connectivity index (χ1n) is 8.52. The third kappa shape index (κ3) is 3.64. The van der Waals surface area contributed by atoms with Gasteiger partial charge in [0.1, 0.15) is 4.90 Å². The normalized spacial score (nSPS) is 11.8. The zero-order chi connectivity index (χ0) is 20.8. The number of rotatable bonds is 5. The molecule has 1 aromatic carbocycles. The number of aromatic nitrogens is 4. The van der Waals surface area contributed by atoms with Crippen molar-refractivity contribution in [3.05, 3.63) is 56.6 Å². The molecule has 3 rings (SSSR count). The largest absolute Gasteiger partial charge is 0.276 e. The highest BCUT2D eigenvalue weighted by Crippen LogP contribution is 2.29. The molecule has 0 spiro atoms. The minimum atomic E-state index is -3.81. The molecule has 10 heteroatoms. The van der Waals surface area contributed by atoms with Crippen molar-refractivity contribution in [1.82, 2.24) is 19.6 Å². The van der Waals surface area contributed by atoms with Crippen LogP contribution in [-0.2, 0) is 23.6 Å². The van der Waals surface area contributed by atoms with Crippen LogP contribution in [0, 0.1) is 27.7 Å². The van der Waals surface area contributed by atoms with E-state index in [1.807, 2.05) is 0 Å². The number of hydrogen-bond donors (Lipinski definition) is 1. The lowest BCUT2D eigenvalue weighted by atomic mass is 10.2. The Hall–Kier alpha value is -2.03. The number of nitrogens with zero attached hydrogens (tertiary/aromatic N) is 4. The second-order valence-corrected chi connectivity index (χ2v) is 9.07. The van der Waals surface area contributed by atoms with E-state index in [4.69, 9.17) is 23.2 Å². The predicted molar refractivity (Wildman–Crippen MR) is 111 cm³/mol. The fourth-order valence-corrected chi connectivity index (χ4v) is 5.29. The Morgan fingerprint density at radius 2 is 1.61 bits per heavy atom. The van der Waals surface area contributed by atoms with E-state index in [-0.39, 0.29) is 4.90 Å². The lowest BCUT2D eigenvalue weighted by molar-refractivity contribution is 0.599. The third-order valence-electron chi connectivity index (χ3n) is 4.70. The van der Waals surface area contributed by atoms with Gasteiger partial charge in [-0.1, -0.05) is 29.3 Å². The van der Waals surface area contributed by atoms with Gasteiger partial charge in [0.15, 0.2) is 0 Å². The fourth-order valence-electron chi connectivity index (χ4n) is 3.16. The maximum Gasteiger partial charge on any atom is 0.265 e. The van der Waals surface area contributed by atoms with Gasteiger partial charge in [-0.05, 0) is 39.8 Å². The number of sulfonamides is 1. The molecule has 2 aromatic heterocycles. The number of anilines is 1. The summed E-state index contributed by atoms with van der Waals surface area (Å²) in [4.78, 5) is 0.177. The molecule has 0 radical (unpaired) electrons. The van der Waals surface area contributed by atoms with Crippen LogP contribution in [0.25, 0.3) is 0 Å². The van der Waals surface area contributed by atoms with Gasteiger partial charge in [-0.3, -0.25) is 14.1 Å². The number of hydrogen-bond acceptors (Lipinski definition) is 4. The lowest BCUT2D eigenvalue weighted by Crippen LogP contribution is -2.16. The van der Waals surface area contributed by atoms with Crippen LogP contribution in [0.1, 0.15) is 28.3 Å². The van der Waals surface area contributed by atoms with E-state index in [9.17, 15) is 8.42 Å². The maximum atomic E-state index is 13.0. The van der Waals surface area contributed by atoms with Crippen LogP contribution >= 0.6 is 23.2 Å². The van der Waals surface area contributed by atoms with E-state index in [1.54, 1.807) is 62.3 Å². The summed E-state index contributed by atoms with van der Waals surface area (Å²) in [5, 5.41) is 9.72. The van der Waals surface area contributed by atoms with Crippen LogP contribution in [-0.4, -0.2) is 28.0 Å². The van der Waals surface area contributed by atoms with Crippen molar-refractivity contribution in [2.45, 2.75) is 39.1 Å². The Morgan fingerprint density at radius 1 is 1.00 bits per heavy atom. The van der Waals surface area contributed by atoms with Gasteiger partial charge in [-0.2, -0.15) is 10.2 Å². The van der Waals surface area contributed by atoms with Gasteiger partial charge < -0.3 is 0 Å². The topological polar surface area (TPSA) is 81.8 Å². The first kappa shape index (κ1) is 20.7. The molecule has 0 bridgehead atoms. The van der Waals surface area contributed by atoms with Crippen molar-refractivity contribution in [3.8, 4) is 0 Å². The summed E-state index contributed by atoms with van der Waals surface area (Å²) in [7, 11) is -2.10. The quantitative estimate of drug-likeness (QED) is 0.648. The third-order valence-corrected chi connectivity index (χ3v) is 7.01. The molecule has 0 aliphatic heterocycles. The summed E-state index contributed by atoms with van der Waals surface area (Å²) in [6.45, 7) is 7.27. The van der Waals surface area contributed by atoms with Crippen LogP contribution in [0.15, 0.2) is 23.1 Å². The van der Waals surface area contributed by atoms with Gasteiger partial charge in [-0.25, -0.2) is 8.42 Å². The number of benzene rings is 1. The van der Waals surface area contributed by atoms with Crippen molar-refractivity contribution in [3.63, 3.8) is 0 Å². The molecule has 1 N–H and O–H groups in total. The molecule has 28 heavy (non-hydrogen) atoms. The Balaban J connectivity index is 1.99. The van der Waals surface area contributed by atoms with Crippen molar-refractivity contribution < 1.29 is 8.42 Å². The van der Waals surface area contributed by atoms with Crippen LogP contribution in [0.2, 0.25) is 10.0 Å². The van der Waals surface area contributed by atoms with Gasteiger partial charge in [-0.15, -0.1) is 0 Å². The second kappa shape index (κ2) is 7.42. The summed E-state index contributed by atoms with van der Waals surface area (Å²) in [6, 6.07) is 5.28. The van der Waals surface area contributed by atoms with Crippen LogP contribution < -0.4 is 4.72 Å². The van der Waals surface area contributed by atoms with E-state index in [1.165, 1.54) is 0 Å². The average molecular weight is 442 g/mol. The smallest absolute Gasteiger partial charge is 0.265 e.